The van der Waals surface area contributed by atoms with E-state index in [4.69, 9.17) is 0 Å². The van der Waals surface area contributed by atoms with Gasteiger partial charge in [0.2, 0.25) is 5.91 Å². The smallest absolute Gasteiger partial charge is 0.271 e. The molecule has 0 saturated heterocycles. The largest absolute Gasteiger partial charge is 0.326 e. The van der Waals surface area contributed by atoms with Gasteiger partial charge in [0.15, 0.2) is 9.84 Å². The van der Waals surface area contributed by atoms with Crippen LogP contribution in [0.25, 0.3) is 0 Å². The Labute approximate surface area is 145 Å². The lowest BCUT2D eigenvalue weighted by atomic mass is 10.2. The first kappa shape index (κ1) is 18.6. The van der Waals surface area contributed by atoms with Gasteiger partial charge < -0.3 is 5.32 Å². The molecule has 7 nitrogen and oxygen atoms in total. The van der Waals surface area contributed by atoms with Crippen molar-refractivity contribution in [3.05, 3.63) is 63.7 Å². The Hall–Kier alpha value is -2.74. The van der Waals surface area contributed by atoms with Crippen LogP contribution in [0.2, 0.25) is 0 Å². The Kier molecular flexibility index (Phi) is 5.53. The van der Waals surface area contributed by atoms with Crippen LogP contribution in [0, 0.1) is 24.0 Å². The number of nitrogens with one attached hydrogen (secondary N) is 1. The molecule has 2 aromatic carbocycles. The molecule has 8 heteroatoms. The van der Waals surface area contributed by atoms with Gasteiger partial charge in [0.25, 0.3) is 5.69 Å². The zero-order valence-electron chi connectivity index (χ0n) is 13.9. The molecule has 2 rings (SSSR count). The van der Waals surface area contributed by atoms with Gasteiger partial charge in [-0.2, -0.15) is 0 Å². The van der Waals surface area contributed by atoms with E-state index >= 15 is 0 Å². The van der Waals surface area contributed by atoms with Gasteiger partial charge in [-0.3, -0.25) is 14.9 Å². The van der Waals surface area contributed by atoms with Gasteiger partial charge in [0.05, 0.1) is 21.3 Å². The molecule has 25 heavy (non-hydrogen) atoms. The topological polar surface area (TPSA) is 106 Å². The summed E-state index contributed by atoms with van der Waals surface area (Å²) in [6, 6.07) is 10.5. The van der Waals surface area contributed by atoms with Crippen molar-refractivity contribution in [2.45, 2.75) is 25.2 Å². The second-order valence-electron chi connectivity index (χ2n) is 5.69. The molecule has 2 aromatic rings. The number of sulfone groups is 1. The van der Waals surface area contributed by atoms with Gasteiger partial charge in [-0.25, -0.2) is 8.42 Å². The maximum atomic E-state index is 12.2. The Morgan fingerprint density at radius 1 is 1.12 bits per heavy atom. The first-order chi connectivity index (χ1) is 11.7. The van der Waals surface area contributed by atoms with E-state index in [1.54, 1.807) is 19.1 Å². The second-order valence-corrected chi connectivity index (χ2v) is 7.80. The van der Waals surface area contributed by atoms with Crippen LogP contribution in [0.15, 0.2) is 47.4 Å². The van der Waals surface area contributed by atoms with Crippen molar-refractivity contribution in [1.29, 1.82) is 0 Å². The molecule has 0 spiro atoms. The van der Waals surface area contributed by atoms with E-state index in [-0.39, 0.29) is 22.8 Å². The van der Waals surface area contributed by atoms with Gasteiger partial charge in [0, 0.05) is 18.6 Å². The van der Waals surface area contributed by atoms with Gasteiger partial charge >= 0.3 is 0 Å². The Balaban J connectivity index is 2.04. The summed E-state index contributed by atoms with van der Waals surface area (Å²) in [7, 11) is -3.57. The van der Waals surface area contributed by atoms with Crippen LogP contribution in [0.3, 0.4) is 0 Å². The molecule has 0 saturated carbocycles. The fourth-order valence-electron chi connectivity index (χ4n) is 2.16. The third-order valence-electron chi connectivity index (χ3n) is 3.68. The number of hydrogen-bond acceptors (Lipinski definition) is 5. The van der Waals surface area contributed by atoms with Crippen molar-refractivity contribution in [1.82, 2.24) is 0 Å². The molecule has 0 aliphatic heterocycles. The normalized spacial score (nSPS) is 11.1. The zero-order chi connectivity index (χ0) is 18.6. The van der Waals surface area contributed by atoms with E-state index in [9.17, 15) is 23.3 Å². The highest BCUT2D eigenvalue weighted by Crippen LogP contribution is 2.22. The summed E-state index contributed by atoms with van der Waals surface area (Å²) in [4.78, 5) is 22.4. The number of nitrogens with zero attached hydrogens (tertiary/aromatic N) is 1. The summed E-state index contributed by atoms with van der Waals surface area (Å²) in [5.41, 5.74) is 1.75. The lowest BCUT2D eigenvalue weighted by Gasteiger charge is -2.09. The van der Waals surface area contributed by atoms with E-state index in [1.807, 2.05) is 6.92 Å². The zero-order valence-corrected chi connectivity index (χ0v) is 14.7. The van der Waals surface area contributed by atoms with Crippen LogP contribution in [-0.2, 0) is 14.6 Å². The van der Waals surface area contributed by atoms with Gasteiger partial charge in [-0.05, 0) is 31.5 Å². The summed E-state index contributed by atoms with van der Waals surface area (Å²) in [5, 5.41) is 13.3. The Morgan fingerprint density at radius 2 is 1.76 bits per heavy atom. The summed E-state index contributed by atoms with van der Waals surface area (Å²) in [6.45, 7) is 3.55. The minimum absolute atomic E-state index is 0.145. The molecule has 0 atom stereocenters. The van der Waals surface area contributed by atoms with E-state index in [0.717, 1.165) is 5.56 Å². The van der Waals surface area contributed by atoms with Crippen LogP contribution in [0.1, 0.15) is 17.5 Å². The predicted octanol–water partition coefficient (Wildman–Crippen LogP) is 3.01. The second kappa shape index (κ2) is 7.43. The molecule has 0 aliphatic rings. The number of carbonyl (C=O) groups excluding carboxylic acids is 1. The number of anilines is 1. The molecule has 0 unspecified atom stereocenters. The molecular formula is C17H18N2O5S. The highest BCUT2D eigenvalue weighted by Gasteiger charge is 2.17. The third-order valence-corrected chi connectivity index (χ3v) is 5.42. The average Bonchev–Trinajstić information content (AvgIpc) is 2.55. The van der Waals surface area contributed by atoms with Crippen molar-refractivity contribution in [2.24, 2.45) is 0 Å². The quantitative estimate of drug-likeness (QED) is 0.628. The third kappa shape index (κ3) is 4.87. The number of carbonyl (C=O) groups is 1. The van der Waals surface area contributed by atoms with E-state index in [2.05, 4.69) is 5.32 Å². The molecule has 0 radical (unpaired) electrons. The Bertz CT molecular complexity index is 905. The first-order valence-electron chi connectivity index (χ1n) is 7.53. The number of aryl methyl sites for hydroxylation is 2. The maximum absolute atomic E-state index is 12.2. The fourth-order valence-corrected chi connectivity index (χ4v) is 3.40. The number of hydrogen-bond donors (Lipinski definition) is 1. The fraction of sp³-hybridized carbons (Fsp3) is 0.235. The van der Waals surface area contributed by atoms with Crippen LogP contribution < -0.4 is 5.32 Å². The molecule has 0 fully saturated rings. The van der Waals surface area contributed by atoms with Crippen LogP contribution in [0.5, 0.6) is 0 Å². The summed E-state index contributed by atoms with van der Waals surface area (Å²) in [6.07, 6.45) is -0.238. The molecule has 0 bridgehead atoms. The van der Waals surface area contributed by atoms with Crippen molar-refractivity contribution < 1.29 is 18.1 Å². The summed E-state index contributed by atoms with van der Waals surface area (Å²) >= 11 is 0. The highest BCUT2D eigenvalue weighted by atomic mass is 32.2. The monoisotopic (exact) mass is 362 g/mol. The number of rotatable bonds is 6. The van der Waals surface area contributed by atoms with Crippen LogP contribution >= 0.6 is 0 Å². The van der Waals surface area contributed by atoms with Crippen LogP contribution in [0.4, 0.5) is 11.4 Å². The number of nitro groups is 1. The lowest BCUT2D eigenvalue weighted by Crippen LogP contribution is -2.18. The van der Waals surface area contributed by atoms with Gasteiger partial charge in [0.1, 0.15) is 0 Å². The minimum atomic E-state index is -3.57. The molecule has 0 aromatic heterocycles. The number of nitro benzene ring substituents is 1. The SMILES string of the molecule is Cc1ccc(S(=O)(=O)CCC(=O)Nc2cc([N+](=O)[O-])ccc2C)cc1. The standard InChI is InChI=1S/C17H18N2O5S/c1-12-3-7-15(8-4-12)25(23,24)10-9-17(20)18-16-11-14(19(21)22)6-5-13(16)2/h3-8,11H,9-10H2,1-2H3,(H,18,20). The molecule has 0 heterocycles. The predicted molar refractivity (Wildman–Crippen MR) is 94.3 cm³/mol. The van der Waals surface area contributed by atoms with Gasteiger partial charge in [-0.1, -0.05) is 23.8 Å². The molecular weight excluding hydrogens is 344 g/mol. The number of amides is 1. The van der Waals surface area contributed by atoms with Crippen molar-refractivity contribution in [3.63, 3.8) is 0 Å². The summed E-state index contributed by atoms with van der Waals surface area (Å²) in [5.74, 6) is -0.852. The Morgan fingerprint density at radius 3 is 2.36 bits per heavy atom. The lowest BCUT2D eigenvalue weighted by molar-refractivity contribution is -0.384. The molecule has 132 valence electrons. The van der Waals surface area contributed by atoms with Crippen molar-refractivity contribution in [2.75, 3.05) is 11.1 Å². The number of benzene rings is 2. The van der Waals surface area contributed by atoms with Crippen molar-refractivity contribution in [3.8, 4) is 0 Å². The highest BCUT2D eigenvalue weighted by molar-refractivity contribution is 7.91. The summed E-state index contributed by atoms with van der Waals surface area (Å²) < 4.78 is 24.5. The average molecular weight is 362 g/mol. The molecule has 0 aliphatic carbocycles. The van der Waals surface area contributed by atoms with E-state index in [0.29, 0.717) is 11.3 Å². The van der Waals surface area contributed by atoms with Crippen LogP contribution in [-0.4, -0.2) is 25.0 Å². The van der Waals surface area contributed by atoms with E-state index < -0.39 is 20.7 Å². The molecule has 1 N–H and O–H groups in total. The molecule has 1 amide bonds. The van der Waals surface area contributed by atoms with Gasteiger partial charge in [-0.15, -0.1) is 0 Å². The van der Waals surface area contributed by atoms with Crippen molar-refractivity contribution >= 4 is 27.1 Å². The maximum Gasteiger partial charge on any atom is 0.271 e. The minimum Gasteiger partial charge on any atom is -0.326 e. The first-order valence-corrected chi connectivity index (χ1v) is 9.18. The number of non-ortho nitro benzene ring substituents is 1. The van der Waals surface area contributed by atoms with E-state index in [1.165, 1.54) is 30.3 Å².